The number of halogens is 1. The Morgan fingerprint density at radius 3 is 2.67 bits per heavy atom. The van der Waals surface area contributed by atoms with Crippen LogP contribution in [-0.2, 0) is 24.4 Å². The molecule has 0 bridgehead atoms. The highest BCUT2D eigenvalue weighted by molar-refractivity contribution is 5.76. The maximum Gasteiger partial charge on any atom is 0.221 e. The summed E-state index contributed by atoms with van der Waals surface area (Å²) in [7, 11) is 0. The fourth-order valence-electron chi connectivity index (χ4n) is 3.70. The van der Waals surface area contributed by atoms with E-state index in [0.29, 0.717) is 12.1 Å². The summed E-state index contributed by atoms with van der Waals surface area (Å²) in [5.74, 6) is -0.376. The molecule has 144 valence electrons. The van der Waals surface area contributed by atoms with Gasteiger partial charge in [-0.2, -0.15) is 0 Å². The van der Waals surface area contributed by atoms with Gasteiger partial charge in [-0.05, 0) is 54.6 Å². The molecule has 27 heavy (non-hydrogen) atoms. The van der Waals surface area contributed by atoms with Crippen molar-refractivity contribution in [2.45, 2.75) is 39.4 Å². The van der Waals surface area contributed by atoms with Crippen LogP contribution in [-0.4, -0.2) is 23.9 Å². The summed E-state index contributed by atoms with van der Waals surface area (Å²) in [4.78, 5) is 13.8. The van der Waals surface area contributed by atoms with Crippen LogP contribution in [0, 0.1) is 18.7 Å². The van der Waals surface area contributed by atoms with Crippen LogP contribution < -0.4 is 11.1 Å². The summed E-state index contributed by atoms with van der Waals surface area (Å²) < 4.78 is 13.3. The molecule has 0 unspecified atom stereocenters. The van der Waals surface area contributed by atoms with Crippen molar-refractivity contribution < 1.29 is 9.18 Å². The monoisotopic (exact) mass is 369 g/mol. The first-order chi connectivity index (χ1) is 13.0. The molecule has 3 rings (SSSR count). The zero-order chi connectivity index (χ0) is 19.2. The second kappa shape index (κ2) is 9.11. The number of rotatable bonds is 7. The van der Waals surface area contributed by atoms with Crippen LogP contribution >= 0.6 is 0 Å². The number of nitrogens with zero attached hydrogens (tertiary/aromatic N) is 1. The number of carbonyl (C=O) groups is 1. The molecule has 0 radical (unpaired) electrons. The lowest BCUT2D eigenvalue weighted by Gasteiger charge is -2.31. The Labute approximate surface area is 160 Å². The zero-order valence-electron chi connectivity index (χ0n) is 15.9. The Bertz CT molecular complexity index is 793. The van der Waals surface area contributed by atoms with E-state index in [1.165, 1.54) is 17.2 Å². The van der Waals surface area contributed by atoms with Crippen molar-refractivity contribution in [1.82, 2.24) is 10.2 Å². The molecular formula is C22H28FN3O. The molecule has 1 aliphatic rings. The highest BCUT2D eigenvalue weighted by Gasteiger charge is 2.23. The Morgan fingerprint density at radius 2 is 1.93 bits per heavy atom. The summed E-state index contributed by atoms with van der Waals surface area (Å²) in [5, 5.41) is 3.42. The van der Waals surface area contributed by atoms with Crippen LogP contribution in [0.4, 0.5) is 4.39 Å². The fraction of sp³-hybridized carbons (Fsp3) is 0.409. The third kappa shape index (κ3) is 5.62. The number of primary amides is 1. The normalized spacial score (nSPS) is 17.8. The molecular weight excluding hydrogens is 341 g/mol. The Hall–Kier alpha value is -2.24. The zero-order valence-corrected chi connectivity index (χ0v) is 15.9. The molecule has 4 nitrogen and oxygen atoms in total. The molecule has 1 saturated heterocycles. The smallest absolute Gasteiger partial charge is 0.221 e. The Balaban J connectivity index is 1.52. The quantitative estimate of drug-likeness (QED) is 0.788. The first-order valence-electron chi connectivity index (χ1n) is 9.56. The van der Waals surface area contributed by atoms with Crippen LogP contribution in [0.25, 0.3) is 0 Å². The SMILES string of the molecule is Cc1cc(CNCc2cccc(CN3CCC[C@H](C(N)=O)C3)c2)ccc1F. The molecule has 3 N–H and O–H groups in total. The molecule has 5 heteroatoms. The summed E-state index contributed by atoms with van der Waals surface area (Å²) in [6.07, 6.45) is 1.92. The number of hydrogen-bond donors (Lipinski definition) is 2. The molecule has 1 amide bonds. The van der Waals surface area contributed by atoms with Gasteiger partial charge in [-0.25, -0.2) is 4.39 Å². The van der Waals surface area contributed by atoms with Crippen LogP contribution in [0.15, 0.2) is 42.5 Å². The third-order valence-corrected chi connectivity index (χ3v) is 5.19. The number of nitrogens with two attached hydrogens (primary N) is 1. The van der Waals surface area contributed by atoms with Crippen molar-refractivity contribution in [3.8, 4) is 0 Å². The minimum atomic E-state index is -0.186. The van der Waals surface area contributed by atoms with Crippen molar-refractivity contribution in [1.29, 1.82) is 0 Å². The predicted molar refractivity (Wildman–Crippen MR) is 105 cm³/mol. The van der Waals surface area contributed by atoms with E-state index in [0.717, 1.165) is 44.6 Å². The van der Waals surface area contributed by atoms with Crippen molar-refractivity contribution in [3.63, 3.8) is 0 Å². The van der Waals surface area contributed by atoms with E-state index in [2.05, 4.69) is 34.5 Å². The van der Waals surface area contributed by atoms with E-state index >= 15 is 0 Å². The lowest BCUT2D eigenvalue weighted by Crippen LogP contribution is -2.40. The maximum absolute atomic E-state index is 13.3. The van der Waals surface area contributed by atoms with Crippen LogP contribution in [0.3, 0.4) is 0 Å². The number of aryl methyl sites for hydroxylation is 1. The van der Waals surface area contributed by atoms with E-state index in [4.69, 9.17) is 5.73 Å². The number of carbonyl (C=O) groups excluding carboxylic acids is 1. The standard InChI is InChI=1S/C22H28FN3O/c1-16-10-18(7-8-21(16)23)13-25-12-17-4-2-5-19(11-17)14-26-9-3-6-20(15-26)22(24)27/h2,4-5,7-8,10-11,20,25H,3,6,9,12-15H2,1H3,(H2,24,27)/t20-/m0/s1. The summed E-state index contributed by atoms with van der Waals surface area (Å²) >= 11 is 0. The van der Waals surface area contributed by atoms with Crippen molar-refractivity contribution >= 4 is 5.91 Å². The number of hydrogen-bond acceptors (Lipinski definition) is 3. The Morgan fingerprint density at radius 1 is 1.19 bits per heavy atom. The fourth-order valence-corrected chi connectivity index (χ4v) is 3.70. The molecule has 1 heterocycles. The van der Waals surface area contributed by atoms with Gasteiger partial charge in [-0.15, -0.1) is 0 Å². The van der Waals surface area contributed by atoms with Gasteiger partial charge < -0.3 is 11.1 Å². The molecule has 0 spiro atoms. The van der Waals surface area contributed by atoms with Gasteiger partial charge in [0.2, 0.25) is 5.91 Å². The lowest BCUT2D eigenvalue weighted by atomic mass is 9.97. The topological polar surface area (TPSA) is 58.4 Å². The van der Waals surface area contributed by atoms with Crippen LogP contribution in [0.2, 0.25) is 0 Å². The minimum Gasteiger partial charge on any atom is -0.369 e. The van der Waals surface area contributed by atoms with Gasteiger partial charge in [-0.3, -0.25) is 9.69 Å². The Kier molecular flexibility index (Phi) is 6.58. The highest BCUT2D eigenvalue weighted by atomic mass is 19.1. The summed E-state index contributed by atoms with van der Waals surface area (Å²) in [6, 6.07) is 13.7. The average Bonchev–Trinajstić information content (AvgIpc) is 2.65. The van der Waals surface area contributed by atoms with Crippen LogP contribution in [0.5, 0.6) is 0 Å². The molecule has 0 aromatic heterocycles. The molecule has 1 atom stereocenters. The van der Waals surface area contributed by atoms with E-state index in [-0.39, 0.29) is 17.6 Å². The van der Waals surface area contributed by atoms with Crippen molar-refractivity contribution in [2.24, 2.45) is 11.7 Å². The largest absolute Gasteiger partial charge is 0.369 e. The number of benzene rings is 2. The molecule has 0 saturated carbocycles. The highest BCUT2D eigenvalue weighted by Crippen LogP contribution is 2.19. The van der Waals surface area contributed by atoms with Crippen molar-refractivity contribution in [3.05, 3.63) is 70.5 Å². The molecule has 0 aliphatic carbocycles. The van der Waals surface area contributed by atoms with E-state index < -0.39 is 0 Å². The number of piperidine rings is 1. The maximum atomic E-state index is 13.3. The van der Waals surface area contributed by atoms with Gasteiger partial charge in [0, 0.05) is 26.2 Å². The van der Waals surface area contributed by atoms with Gasteiger partial charge in [0.15, 0.2) is 0 Å². The number of nitrogens with one attached hydrogen (secondary N) is 1. The van der Waals surface area contributed by atoms with Gasteiger partial charge in [-0.1, -0.05) is 36.4 Å². The van der Waals surface area contributed by atoms with Crippen LogP contribution in [0.1, 0.15) is 35.1 Å². The van der Waals surface area contributed by atoms with Gasteiger partial charge in [0.1, 0.15) is 5.82 Å². The molecule has 2 aromatic rings. The molecule has 1 fully saturated rings. The molecule has 1 aliphatic heterocycles. The number of likely N-dealkylation sites (tertiary alicyclic amines) is 1. The lowest BCUT2D eigenvalue weighted by molar-refractivity contribution is -0.123. The van der Waals surface area contributed by atoms with E-state index in [1.54, 1.807) is 6.92 Å². The second-order valence-electron chi connectivity index (χ2n) is 7.48. The molecule has 2 aromatic carbocycles. The van der Waals surface area contributed by atoms with Gasteiger partial charge in [0.05, 0.1) is 5.92 Å². The predicted octanol–water partition coefficient (Wildman–Crippen LogP) is 3.12. The van der Waals surface area contributed by atoms with Gasteiger partial charge >= 0.3 is 0 Å². The van der Waals surface area contributed by atoms with Gasteiger partial charge in [0.25, 0.3) is 0 Å². The first kappa shape index (κ1) is 19.5. The minimum absolute atomic E-state index is 0.0252. The summed E-state index contributed by atoms with van der Waals surface area (Å²) in [5.41, 5.74) is 9.69. The number of amides is 1. The van der Waals surface area contributed by atoms with Crippen molar-refractivity contribution in [2.75, 3.05) is 13.1 Å². The van der Waals surface area contributed by atoms with E-state index in [1.807, 2.05) is 12.1 Å². The third-order valence-electron chi connectivity index (χ3n) is 5.19. The van der Waals surface area contributed by atoms with E-state index in [9.17, 15) is 9.18 Å². The average molecular weight is 369 g/mol. The second-order valence-corrected chi connectivity index (χ2v) is 7.48. The first-order valence-corrected chi connectivity index (χ1v) is 9.56. The summed E-state index contributed by atoms with van der Waals surface area (Å²) in [6.45, 7) is 5.85.